The van der Waals surface area contributed by atoms with Crippen LogP contribution in [-0.2, 0) is 22.4 Å². The Hall–Kier alpha value is -2.14. The molecule has 1 aliphatic heterocycles. The summed E-state index contributed by atoms with van der Waals surface area (Å²) in [6, 6.07) is 9.47. The zero-order valence-corrected chi connectivity index (χ0v) is 12.2. The number of carbonyl (C=O) groups excluding carboxylic acids is 1. The molecule has 1 unspecified atom stereocenters. The minimum absolute atomic E-state index is 0.0493. The molecule has 2 aromatic rings. The third-order valence-corrected chi connectivity index (χ3v) is 4.47. The van der Waals surface area contributed by atoms with Crippen molar-refractivity contribution in [2.75, 3.05) is 11.4 Å². The van der Waals surface area contributed by atoms with Crippen molar-refractivity contribution in [3.63, 3.8) is 0 Å². The van der Waals surface area contributed by atoms with E-state index in [0.717, 1.165) is 16.8 Å². The van der Waals surface area contributed by atoms with Crippen LogP contribution in [0.4, 0.5) is 5.69 Å². The van der Waals surface area contributed by atoms with Crippen molar-refractivity contribution in [3.05, 3.63) is 52.2 Å². The number of aliphatic carboxylic acids is 1. The van der Waals surface area contributed by atoms with Crippen molar-refractivity contribution < 1.29 is 14.7 Å². The summed E-state index contributed by atoms with van der Waals surface area (Å²) < 4.78 is 0. The molecule has 0 saturated heterocycles. The first-order chi connectivity index (χ1) is 10.1. The van der Waals surface area contributed by atoms with Gasteiger partial charge in [0.05, 0.1) is 12.3 Å². The summed E-state index contributed by atoms with van der Waals surface area (Å²) in [5.74, 6) is -1.43. The van der Waals surface area contributed by atoms with E-state index in [2.05, 4.69) is 0 Å². The summed E-state index contributed by atoms with van der Waals surface area (Å²) in [6.07, 6.45) is 0.790. The lowest BCUT2D eigenvalue weighted by Gasteiger charge is -2.33. The van der Waals surface area contributed by atoms with Gasteiger partial charge in [0.15, 0.2) is 0 Å². The van der Waals surface area contributed by atoms with Crippen molar-refractivity contribution in [2.45, 2.75) is 12.8 Å². The number of thiophene rings is 1. The average Bonchev–Trinajstić information content (AvgIpc) is 2.98. The summed E-state index contributed by atoms with van der Waals surface area (Å²) in [5.41, 5.74) is 2.74. The molecule has 0 fully saturated rings. The van der Waals surface area contributed by atoms with Gasteiger partial charge in [-0.1, -0.05) is 18.2 Å². The van der Waals surface area contributed by atoms with Gasteiger partial charge in [0.1, 0.15) is 0 Å². The van der Waals surface area contributed by atoms with Gasteiger partial charge in [-0.3, -0.25) is 9.59 Å². The smallest absolute Gasteiger partial charge is 0.308 e. The number of anilines is 1. The van der Waals surface area contributed by atoms with Crippen LogP contribution in [0, 0.1) is 5.92 Å². The molecule has 0 aliphatic carbocycles. The molecule has 5 heteroatoms. The molecule has 1 aromatic carbocycles. The quantitative estimate of drug-likeness (QED) is 0.948. The van der Waals surface area contributed by atoms with E-state index >= 15 is 0 Å². The maximum absolute atomic E-state index is 12.5. The van der Waals surface area contributed by atoms with Crippen molar-refractivity contribution in [1.82, 2.24) is 0 Å². The van der Waals surface area contributed by atoms with Gasteiger partial charge in [-0.2, -0.15) is 11.3 Å². The van der Waals surface area contributed by atoms with Crippen molar-refractivity contribution in [1.29, 1.82) is 0 Å². The lowest BCUT2D eigenvalue weighted by atomic mass is 9.92. The van der Waals surface area contributed by atoms with Crippen LogP contribution in [0.2, 0.25) is 0 Å². The number of rotatable bonds is 3. The molecule has 1 atom stereocenters. The highest BCUT2D eigenvalue weighted by Crippen LogP contribution is 2.30. The summed E-state index contributed by atoms with van der Waals surface area (Å²) in [7, 11) is 0. The van der Waals surface area contributed by atoms with Crippen molar-refractivity contribution in [3.8, 4) is 0 Å². The fraction of sp³-hybridized carbons (Fsp3) is 0.250. The van der Waals surface area contributed by atoms with Crippen LogP contribution in [0.5, 0.6) is 0 Å². The second-order valence-electron chi connectivity index (χ2n) is 5.18. The first-order valence-corrected chi connectivity index (χ1v) is 7.71. The molecule has 1 amide bonds. The van der Waals surface area contributed by atoms with Gasteiger partial charge in [0.2, 0.25) is 5.91 Å². The molecular weight excluding hydrogens is 286 g/mol. The molecule has 0 radical (unpaired) electrons. The van der Waals surface area contributed by atoms with E-state index in [0.29, 0.717) is 12.8 Å². The highest BCUT2D eigenvalue weighted by molar-refractivity contribution is 7.08. The molecule has 21 heavy (non-hydrogen) atoms. The van der Waals surface area contributed by atoms with Gasteiger partial charge in [0.25, 0.3) is 0 Å². The predicted octanol–water partition coefficient (Wildman–Crippen LogP) is 2.58. The number of nitrogens with zero attached hydrogens (tertiary/aromatic N) is 1. The predicted molar refractivity (Wildman–Crippen MR) is 81.6 cm³/mol. The SMILES string of the molecule is O=C(O)C1Cc2ccccc2N(C(=O)Cc2ccsc2)C1. The molecule has 3 rings (SSSR count). The molecule has 4 nitrogen and oxygen atoms in total. The molecule has 1 aromatic heterocycles. The summed E-state index contributed by atoms with van der Waals surface area (Å²) >= 11 is 1.55. The van der Waals surface area contributed by atoms with E-state index in [1.165, 1.54) is 0 Å². The number of para-hydroxylation sites is 1. The second-order valence-corrected chi connectivity index (χ2v) is 5.96. The molecule has 0 bridgehead atoms. The topological polar surface area (TPSA) is 57.6 Å². The maximum atomic E-state index is 12.5. The number of amides is 1. The molecule has 108 valence electrons. The Labute approximate surface area is 126 Å². The van der Waals surface area contributed by atoms with Gasteiger partial charge in [-0.25, -0.2) is 0 Å². The van der Waals surface area contributed by atoms with Gasteiger partial charge in [-0.15, -0.1) is 0 Å². The Balaban J connectivity index is 1.89. The highest BCUT2D eigenvalue weighted by atomic mass is 32.1. The summed E-state index contributed by atoms with van der Waals surface area (Å²) in [4.78, 5) is 25.5. The number of hydrogen-bond donors (Lipinski definition) is 1. The zero-order chi connectivity index (χ0) is 14.8. The molecule has 1 aliphatic rings. The number of fused-ring (bicyclic) bond motifs is 1. The first-order valence-electron chi connectivity index (χ1n) is 6.77. The molecule has 1 N–H and O–H groups in total. The van der Waals surface area contributed by atoms with Crippen LogP contribution in [0.3, 0.4) is 0 Å². The third kappa shape index (κ3) is 2.83. The fourth-order valence-electron chi connectivity index (χ4n) is 2.66. The number of hydrogen-bond acceptors (Lipinski definition) is 3. The van der Waals surface area contributed by atoms with E-state index < -0.39 is 11.9 Å². The lowest BCUT2D eigenvalue weighted by molar-refractivity contribution is -0.141. The maximum Gasteiger partial charge on any atom is 0.308 e. The Bertz CT molecular complexity index is 666. The minimum Gasteiger partial charge on any atom is -0.481 e. The van der Waals surface area contributed by atoms with Crippen molar-refractivity contribution >= 4 is 28.9 Å². The monoisotopic (exact) mass is 301 g/mol. The summed E-state index contributed by atoms with van der Waals surface area (Å²) in [6.45, 7) is 0.245. The largest absolute Gasteiger partial charge is 0.481 e. The molecule has 0 spiro atoms. The molecular formula is C16H15NO3S. The van der Waals surface area contributed by atoms with Crippen LogP contribution in [0.15, 0.2) is 41.1 Å². The number of carboxylic acids is 1. The van der Waals surface area contributed by atoms with E-state index in [4.69, 9.17) is 0 Å². The molecule has 2 heterocycles. The van der Waals surface area contributed by atoms with Gasteiger partial charge >= 0.3 is 5.97 Å². The number of carboxylic acid groups (broad SMARTS) is 1. The second kappa shape index (κ2) is 5.69. The first kappa shape index (κ1) is 13.8. The third-order valence-electron chi connectivity index (χ3n) is 3.74. The van der Waals surface area contributed by atoms with Gasteiger partial charge in [0, 0.05) is 12.2 Å². The number of benzene rings is 1. The van der Waals surface area contributed by atoms with Gasteiger partial charge in [-0.05, 0) is 40.4 Å². The Morgan fingerprint density at radius 2 is 2.10 bits per heavy atom. The van der Waals surface area contributed by atoms with Gasteiger partial charge < -0.3 is 10.0 Å². The highest BCUT2D eigenvalue weighted by Gasteiger charge is 2.31. The van der Waals surface area contributed by atoms with E-state index in [-0.39, 0.29) is 12.5 Å². The van der Waals surface area contributed by atoms with Crippen LogP contribution in [0.1, 0.15) is 11.1 Å². The summed E-state index contributed by atoms with van der Waals surface area (Å²) in [5, 5.41) is 13.2. The Morgan fingerprint density at radius 3 is 2.81 bits per heavy atom. The van der Waals surface area contributed by atoms with E-state index in [1.807, 2.05) is 41.1 Å². The van der Waals surface area contributed by atoms with Crippen molar-refractivity contribution in [2.24, 2.45) is 5.92 Å². The number of carbonyl (C=O) groups is 2. The standard InChI is InChI=1S/C16H15NO3S/c18-15(7-11-5-6-21-10-11)17-9-13(16(19)20)8-12-3-1-2-4-14(12)17/h1-6,10,13H,7-9H2,(H,19,20). The van der Waals surface area contributed by atoms with Crippen LogP contribution in [-0.4, -0.2) is 23.5 Å². The Morgan fingerprint density at radius 1 is 1.29 bits per heavy atom. The lowest BCUT2D eigenvalue weighted by Crippen LogP contribution is -2.43. The van der Waals surface area contributed by atoms with E-state index in [9.17, 15) is 14.7 Å². The fourth-order valence-corrected chi connectivity index (χ4v) is 3.33. The zero-order valence-electron chi connectivity index (χ0n) is 11.4. The average molecular weight is 301 g/mol. The van der Waals surface area contributed by atoms with E-state index in [1.54, 1.807) is 16.2 Å². The van der Waals surface area contributed by atoms with Crippen LogP contribution >= 0.6 is 11.3 Å². The van der Waals surface area contributed by atoms with Crippen LogP contribution < -0.4 is 4.90 Å². The molecule has 0 saturated carbocycles. The normalized spacial score (nSPS) is 17.3. The Kier molecular flexibility index (Phi) is 3.75. The minimum atomic E-state index is -0.849. The van der Waals surface area contributed by atoms with Crippen LogP contribution in [0.25, 0.3) is 0 Å².